The number of likely N-dealkylation sites (tertiary alicyclic amines) is 1. The Balaban J connectivity index is 2.02. The maximum Gasteiger partial charge on any atom is 0.224 e. The van der Waals surface area contributed by atoms with Crippen molar-refractivity contribution in [3.05, 3.63) is 23.8 Å². The standard InChI is InChI=1S/C17H26N2O3/c1-12(13-7-8-15(21-3)16(10-13)22-4)18-17(20)14-6-5-9-19(2)11-14/h7-8,10,12,14H,5-6,9,11H2,1-4H3,(H,18,20)/t12-,14+/m1/s1. The van der Waals surface area contributed by atoms with Crippen LogP contribution in [0, 0.1) is 5.92 Å². The number of piperidine rings is 1. The fourth-order valence-electron chi connectivity index (χ4n) is 2.92. The van der Waals surface area contributed by atoms with Gasteiger partial charge in [-0.1, -0.05) is 6.07 Å². The molecule has 1 saturated heterocycles. The molecule has 5 nitrogen and oxygen atoms in total. The molecule has 2 atom stereocenters. The molecule has 0 bridgehead atoms. The van der Waals surface area contributed by atoms with E-state index < -0.39 is 0 Å². The van der Waals surface area contributed by atoms with E-state index in [0.29, 0.717) is 11.5 Å². The number of nitrogens with zero attached hydrogens (tertiary/aromatic N) is 1. The zero-order valence-electron chi connectivity index (χ0n) is 13.9. The Morgan fingerprint density at radius 1 is 1.32 bits per heavy atom. The Hall–Kier alpha value is -1.75. The first-order valence-electron chi connectivity index (χ1n) is 7.76. The molecule has 5 heteroatoms. The molecule has 0 spiro atoms. The molecule has 1 aliphatic heterocycles. The summed E-state index contributed by atoms with van der Waals surface area (Å²) < 4.78 is 10.6. The summed E-state index contributed by atoms with van der Waals surface area (Å²) >= 11 is 0. The summed E-state index contributed by atoms with van der Waals surface area (Å²) in [5, 5.41) is 3.11. The van der Waals surface area contributed by atoms with Crippen molar-refractivity contribution >= 4 is 5.91 Å². The first kappa shape index (κ1) is 16.6. The number of hydrogen-bond acceptors (Lipinski definition) is 4. The average molecular weight is 306 g/mol. The molecule has 0 radical (unpaired) electrons. The maximum atomic E-state index is 12.4. The van der Waals surface area contributed by atoms with E-state index in [4.69, 9.17) is 9.47 Å². The van der Waals surface area contributed by atoms with Gasteiger partial charge in [0.05, 0.1) is 26.2 Å². The minimum absolute atomic E-state index is 0.0560. The third kappa shape index (κ3) is 3.91. The van der Waals surface area contributed by atoms with Gasteiger partial charge in [0, 0.05) is 6.54 Å². The fraction of sp³-hybridized carbons (Fsp3) is 0.588. The lowest BCUT2D eigenvalue weighted by molar-refractivity contribution is -0.127. The van der Waals surface area contributed by atoms with Crippen LogP contribution >= 0.6 is 0 Å². The van der Waals surface area contributed by atoms with Crippen molar-refractivity contribution in [2.24, 2.45) is 5.92 Å². The van der Waals surface area contributed by atoms with Crippen molar-refractivity contribution in [3.8, 4) is 11.5 Å². The van der Waals surface area contributed by atoms with E-state index in [9.17, 15) is 4.79 Å². The predicted octanol–water partition coefficient (Wildman–Crippen LogP) is 2.22. The molecule has 22 heavy (non-hydrogen) atoms. The van der Waals surface area contributed by atoms with Gasteiger partial charge < -0.3 is 19.7 Å². The lowest BCUT2D eigenvalue weighted by Crippen LogP contribution is -2.42. The largest absolute Gasteiger partial charge is 0.493 e. The van der Waals surface area contributed by atoms with Crippen LogP contribution in [0.4, 0.5) is 0 Å². The van der Waals surface area contributed by atoms with Gasteiger partial charge in [0.25, 0.3) is 0 Å². The quantitative estimate of drug-likeness (QED) is 0.906. The summed E-state index contributed by atoms with van der Waals surface area (Å²) in [4.78, 5) is 14.6. The molecule has 1 aromatic rings. The lowest BCUT2D eigenvalue weighted by Gasteiger charge is -2.29. The number of carbonyl (C=O) groups excluding carboxylic acids is 1. The van der Waals surface area contributed by atoms with Crippen LogP contribution in [0.25, 0.3) is 0 Å². The van der Waals surface area contributed by atoms with Crippen molar-refractivity contribution in [1.82, 2.24) is 10.2 Å². The molecule has 1 aromatic carbocycles. The van der Waals surface area contributed by atoms with Crippen LogP contribution < -0.4 is 14.8 Å². The Kier molecular flexibility index (Phi) is 5.66. The van der Waals surface area contributed by atoms with Crippen LogP contribution in [-0.4, -0.2) is 45.2 Å². The highest BCUT2D eigenvalue weighted by Gasteiger charge is 2.25. The van der Waals surface area contributed by atoms with E-state index in [0.717, 1.165) is 31.5 Å². The number of methoxy groups -OCH3 is 2. The number of nitrogens with one attached hydrogen (secondary N) is 1. The molecule has 2 rings (SSSR count). The van der Waals surface area contributed by atoms with E-state index in [2.05, 4.69) is 17.3 Å². The summed E-state index contributed by atoms with van der Waals surface area (Å²) in [5.74, 6) is 1.59. The van der Waals surface area contributed by atoms with Crippen molar-refractivity contribution in [1.29, 1.82) is 0 Å². The molecule has 1 heterocycles. The molecule has 0 unspecified atom stereocenters. The molecule has 0 aromatic heterocycles. The molecule has 0 aliphatic carbocycles. The summed E-state index contributed by atoms with van der Waals surface area (Å²) in [6.45, 7) is 3.91. The summed E-state index contributed by atoms with van der Waals surface area (Å²) in [6.07, 6.45) is 2.05. The molecule has 0 saturated carbocycles. The second-order valence-electron chi connectivity index (χ2n) is 5.95. The minimum Gasteiger partial charge on any atom is -0.493 e. The average Bonchev–Trinajstić information content (AvgIpc) is 2.54. The smallest absolute Gasteiger partial charge is 0.224 e. The van der Waals surface area contributed by atoms with Gasteiger partial charge in [-0.05, 0) is 51.1 Å². The zero-order valence-corrected chi connectivity index (χ0v) is 13.9. The number of carbonyl (C=O) groups is 1. The Morgan fingerprint density at radius 2 is 2.05 bits per heavy atom. The Labute approximate surface area is 132 Å². The molecular formula is C17H26N2O3. The first-order valence-corrected chi connectivity index (χ1v) is 7.76. The van der Waals surface area contributed by atoms with Crippen LogP contribution in [0.5, 0.6) is 11.5 Å². The second-order valence-corrected chi connectivity index (χ2v) is 5.95. The molecule has 1 N–H and O–H groups in total. The van der Waals surface area contributed by atoms with Crippen LogP contribution in [-0.2, 0) is 4.79 Å². The van der Waals surface area contributed by atoms with Crippen LogP contribution in [0.1, 0.15) is 31.4 Å². The molecule has 122 valence electrons. The third-order valence-electron chi connectivity index (χ3n) is 4.26. The third-order valence-corrected chi connectivity index (χ3v) is 4.26. The van der Waals surface area contributed by atoms with Crippen molar-refractivity contribution < 1.29 is 14.3 Å². The number of ether oxygens (including phenoxy) is 2. The molecular weight excluding hydrogens is 280 g/mol. The van der Waals surface area contributed by atoms with Gasteiger partial charge in [0.15, 0.2) is 11.5 Å². The van der Waals surface area contributed by atoms with Gasteiger partial charge in [-0.15, -0.1) is 0 Å². The van der Waals surface area contributed by atoms with E-state index >= 15 is 0 Å². The van der Waals surface area contributed by atoms with E-state index in [1.54, 1.807) is 14.2 Å². The number of amides is 1. The second kappa shape index (κ2) is 7.49. The van der Waals surface area contributed by atoms with E-state index in [1.807, 2.05) is 25.1 Å². The Bertz CT molecular complexity index is 519. The van der Waals surface area contributed by atoms with Crippen LogP contribution in [0.15, 0.2) is 18.2 Å². The number of rotatable bonds is 5. The minimum atomic E-state index is -0.0560. The maximum absolute atomic E-state index is 12.4. The lowest BCUT2D eigenvalue weighted by atomic mass is 9.97. The summed E-state index contributed by atoms with van der Waals surface area (Å²) in [6, 6.07) is 5.68. The highest BCUT2D eigenvalue weighted by atomic mass is 16.5. The first-order chi connectivity index (χ1) is 10.5. The topological polar surface area (TPSA) is 50.8 Å². The Morgan fingerprint density at radius 3 is 2.68 bits per heavy atom. The normalized spacial score (nSPS) is 20.3. The fourth-order valence-corrected chi connectivity index (χ4v) is 2.92. The van der Waals surface area contributed by atoms with Gasteiger partial charge in [-0.3, -0.25) is 4.79 Å². The summed E-state index contributed by atoms with van der Waals surface area (Å²) in [5.41, 5.74) is 1.01. The number of hydrogen-bond donors (Lipinski definition) is 1. The van der Waals surface area contributed by atoms with Crippen LogP contribution in [0.2, 0.25) is 0 Å². The van der Waals surface area contributed by atoms with Crippen molar-refractivity contribution in [3.63, 3.8) is 0 Å². The van der Waals surface area contributed by atoms with Crippen molar-refractivity contribution in [2.75, 3.05) is 34.4 Å². The van der Waals surface area contributed by atoms with Gasteiger partial charge in [0.1, 0.15) is 0 Å². The van der Waals surface area contributed by atoms with Crippen LogP contribution in [0.3, 0.4) is 0 Å². The number of benzene rings is 1. The van der Waals surface area contributed by atoms with Crippen molar-refractivity contribution in [2.45, 2.75) is 25.8 Å². The molecule has 1 amide bonds. The molecule has 1 aliphatic rings. The predicted molar refractivity (Wildman–Crippen MR) is 86.3 cm³/mol. The van der Waals surface area contributed by atoms with Gasteiger partial charge >= 0.3 is 0 Å². The summed E-state index contributed by atoms with van der Waals surface area (Å²) in [7, 11) is 5.29. The zero-order chi connectivity index (χ0) is 16.1. The monoisotopic (exact) mass is 306 g/mol. The highest BCUT2D eigenvalue weighted by Crippen LogP contribution is 2.30. The van der Waals surface area contributed by atoms with Gasteiger partial charge in [-0.25, -0.2) is 0 Å². The molecule has 1 fully saturated rings. The van der Waals surface area contributed by atoms with Gasteiger partial charge in [-0.2, -0.15) is 0 Å². The van der Waals surface area contributed by atoms with E-state index in [-0.39, 0.29) is 17.9 Å². The SMILES string of the molecule is COc1ccc([C@@H](C)NC(=O)[C@H]2CCCN(C)C2)cc1OC. The van der Waals surface area contributed by atoms with E-state index in [1.165, 1.54) is 0 Å². The highest BCUT2D eigenvalue weighted by molar-refractivity contribution is 5.79. The van der Waals surface area contributed by atoms with Gasteiger partial charge in [0.2, 0.25) is 5.91 Å².